The van der Waals surface area contributed by atoms with Gasteiger partial charge in [-0.2, -0.15) is 0 Å². The van der Waals surface area contributed by atoms with E-state index in [4.69, 9.17) is 0 Å². The number of hydrogen-bond acceptors (Lipinski definition) is 5. The average molecular weight is 427 g/mol. The Balaban J connectivity index is 1.56. The van der Waals surface area contributed by atoms with Crippen LogP contribution in [0.15, 0.2) is 94.7 Å². The molecule has 0 radical (unpaired) electrons. The molecule has 0 saturated carbocycles. The van der Waals surface area contributed by atoms with Crippen LogP contribution in [0, 0.1) is 10.1 Å². The molecule has 0 aliphatic carbocycles. The molecule has 1 heterocycles. The van der Waals surface area contributed by atoms with E-state index in [0.717, 1.165) is 11.3 Å². The zero-order valence-electron chi connectivity index (χ0n) is 17.1. The summed E-state index contributed by atoms with van der Waals surface area (Å²) in [5.74, 6) is 0. The number of aliphatic imine (C=N–C) groups is 1. The minimum absolute atomic E-state index is 0.0132. The third kappa shape index (κ3) is 4.49. The van der Waals surface area contributed by atoms with Gasteiger partial charge in [-0.15, -0.1) is 0 Å². The molecule has 0 bridgehead atoms. The molecule has 8 heteroatoms. The summed E-state index contributed by atoms with van der Waals surface area (Å²) in [5, 5.41) is 17.3. The van der Waals surface area contributed by atoms with Gasteiger partial charge >= 0.3 is 0 Å². The molecule has 0 amide bonds. The van der Waals surface area contributed by atoms with E-state index in [2.05, 4.69) is 15.4 Å². The fourth-order valence-corrected chi connectivity index (χ4v) is 3.35. The quantitative estimate of drug-likeness (QED) is 0.190. The van der Waals surface area contributed by atoms with Gasteiger partial charge in [-0.25, -0.2) is 4.68 Å². The molecule has 0 spiro atoms. The second kappa shape index (κ2) is 9.57. The van der Waals surface area contributed by atoms with Crippen LogP contribution in [0.4, 0.5) is 11.4 Å². The van der Waals surface area contributed by atoms with E-state index in [-0.39, 0.29) is 11.2 Å². The third-order valence-corrected chi connectivity index (χ3v) is 4.88. The summed E-state index contributed by atoms with van der Waals surface area (Å²) in [6, 6.07) is 25.4. The summed E-state index contributed by atoms with van der Waals surface area (Å²) in [5.41, 5.74) is 2.97. The fraction of sp³-hybridized carbons (Fsp3) is 0.0833. The Kier molecular flexibility index (Phi) is 6.22. The molecule has 32 heavy (non-hydrogen) atoms. The van der Waals surface area contributed by atoms with Gasteiger partial charge in [-0.3, -0.25) is 25.0 Å². The first kappa shape index (κ1) is 20.8. The maximum atomic E-state index is 13.1. The summed E-state index contributed by atoms with van der Waals surface area (Å²) in [6.07, 6.45) is 1.56. The van der Waals surface area contributed by atoms with Crippen LogP contribution >= 0.6 is 0 Å². The van der Waals surface area contributed by atoms with Crippen molar-refractivity contribution in [3.05, 3.63) is 111 Å². The van der Waals surface area contributed by atoms with Crippen molar-refractivity contribution >= 4 is 17.6 Å². The Morgan fingerprint density at radius 3 is 2.34 bits per heavy atom. The van der Waals surface area contributed by atoms with Crippen LogP contribution in [0.5, 0.6) is 0 Å². The van der Waals surface area contributed by atoms with Crippen LogP contribution in [0.25, 0.3) is 16.9 Å². The first-order valence-corrected chi connectivity index (χ1v) is 10.1. The Morgan fingerprint density at radius 2 is 1.62 bits per heavy atom. The summed E-state index contributed by atoms with van der Waals surface area (Å²) < 4.78 is 1.50. The number of hydrogen-bond donors (Lipinski definition) is 2. The Hall–Kier alpha value is -4.46. The fourth-order valence-electron chi connectivity index (χ4n) is 3.35. The van der Waals surface area contributed by atoms with Crippen LogP contribution in [0.1, 0.15) is 5.56 Å². The minimum Gasteiger partial charge on any atom is -0.378 e. The number of nitro groups is 1. The Morgan fingerprint density at radius 1 is 0.969 bits per heavy atom. The monoisotopic (exact) mass is 427 g/mol. The smallest absolute Gasteiger partial charge is 0.292 e. The molecule has 3 aromatic carbocycles. The van der Waals surface area contributed by atoms with Gasteiger partial charge in [0.2, 0.25) is 0 Å². The lowest BCUT2D eigenvalue weighted by atomic mass is 10.1. The zero-order chi connectivity index (χ0) is 22.3. The number of nitrogens with zero attached hydrogens (tertiary/aromatic N) is 3. The van der Waals surface area contributed by atoms with Crippen molar-refractivity contribution in [2.75, 3.05) is 18.4 Å². The molecule has 2 N–H and O–H groups in total. The first-order chi connectivity index (χ1) is 15.6. The van der Waals surface area contributed by atoms with Crippen molar-refractivity contribution in [1.29, 1.82) is 0 Å². The SMILES string of the molecule is O=c1c(C=NCCNc2ccccc2[N+](=O)[O-])c(-c2ccccc2)[nH]n1-c1ccccc1. The highest BCUT2D eigenvalue weighted by Crippen LogP contribution is 2.23. The molecule has 0 aliphatic rings. The maximum absolute atomic E-state index is 13.1. The number of para-hydroxylation sites is 3. The number of anilines is 1. The standard InChI is InChI=1S/C24H21N5O3/c30-24-20(17-25-15-16-26-21-13-7-8-14-22(21)29(31)32)23(18-9-3-1-4-10-18)27-28(24)19-11-5-2-6-12-19/h1-14,17,26-27H,15-16H2. The van der Waals surface area contributed by atoms with Gasteiger partial charge < -0.3 is 5.32 Å². The van der Waals surface area contributed by atoms with Crippen LogP contribution < -0.4 is 10.9 Å². The molecule has 4 rings (SSSR count). The van der Waals surface area contributed by atoms with E-state index in [0.29, 0.717) is 30.0 Å². The van der Waals surface area contributed by atoms with Gasteiger partial charge in [0.05, 0.1) is 28.4 Å². The van der Waals surface area contributed by atoms with Gasteiger partial charge in [-0.05, 0) is 18.2 Å². The molecule has 160 valence electrons. The summed E-state index contributed by atoms with van der Waals surface area (Å²) in [6.45, 7) is 0.732. The normalized spacial score (nSPS) is 11.0. The van der Waals surface area contributed by atoms with Crippen molar-refractivity contribution in [3.63, 3.8) is 0 Å². The number of aromatic nitrogens is 2. The highest BCUT2D eigenvalue weighted by atomic mass is 16.6. The predicted octanol–water partition coefficient (Wildman–Crippen LogP) is 4.27. The highest BCUT2D eigenvalue weighted by molar-refractivity contribution is 5.88. The van der Waals surface area contributed by atoms with E-state index in [1.807, 2.05) is 60.7 Å². The molecular formula is C24H21N5O3. The number of benzene rings is 3. The van der Waals surface area contributed by atoms with Crippen molar-refractivity contribution in [1.82, 2.24) is 9.78 Å². The average Bonchev–Trinajstić information content (AvgIpc) is 3.16. The highest BCUT2D eigenvalue weighted by Gasteiger charge is 2.15. The predicted molar refractivity (Wildman–Crippen MR) is 126 cm³/mol. The van der Waals surface area contributed by atoms with E-state index in [1.54, 1.807) is 24.4 Å². The van der Waals surface area contributed by atoms with E-state index in [9.17, 15) is 14.9 Å². The molecule has 0 saturated heterocycles. The topological polar surface area (TPSA) is 105 Å². The summed E-state index contributed by atoms with van der Waals surface area (Å²) in [4.78, 5) is 28.2. The van der Waals surface area contributed by atoms with E-state index >= 15 is 0 Å². The summed E-state index contributed by atoms with van der Waals surface area (Å²) in [7, 11) is 0. The lowest BCUT2D eigenvalue weighted by Crippen LogP contribution is -2.17. The van der Waals surface area contributed by atoms with Gasteiger partial charge in [0, 0.05) is 24.4 Å². The first-order valence-electron chi connectivity index (χ1n) is 10.1. The van der Waals surface area contributed by atoms with E-state index in [1.165, 1.54) is 10.7 Å². The molecule has 0 atom stereocenters. The lowest BCUT2D eigenvalue weighted by molar-refractivity contribution is -0.384. The van der Waals surface area contributed by atoms with Crippen molar-refractivity contribution < 1.29 is 4.92 Å². The summed E-state index contributed by atoms with van der Waals surface area (Å²) >= 11 is 0. The second-order valence-corrected chi connectivity index (χ2v) is 6.98. The number of nitro benzene ring substituents is 1. The molecular weight excluding hydrogens is 406 g/mol. The van der Waals surface area contributed by atoms with Crippen LogP contribution in [-0.2, 0) is 0 Å². The molecule has 4 aromatic rings. The molecule has 0 aliphatic heterocycles. The molecule has 8 nitrogen and oxygen atoms in total. The van der Waals surface area contributed by atoms with Crippen LogP contribution in [0.2, 0.25) is 0 Å². The molecule has 0 fully saturated rings. The Labute approximate surface area is 184 Å². The van der Waals surface area contributed by atoms with Crippen LogP contribution in [0.3, 0.4) is 0 Å². The third-order valence-electron chi connectivity index (χ3n) is 4.88. The van der Waals surface area contributed by atoms with Gasteiger partial charge in [0.1, 0.15) is 5.69 Å². The van der Waals surface area contributed by atoms with Crippen molar-refractivity contribution in [2.24, 2.45) is 4.99 Å². The number of rotatable bonds is 8. The number of nitrogens with one attached hydrogen (secondary N) is 2. The molecule has 1 aromatic heterocycles. The largest absolute Gasteiger partial charge is 0.378 e. The maximum Gasteiger partial charge on any atom is 0.292 e. The number of aromatic amines is 1. The van der Waals surface area contributed by atoms with E-state index < -0.39 is 4.92 Å². The Bertz CT molecular complexity index is 1290. The zero-order valence-corrected chi connectivity index (χ0v) is 17.1. The van der Waals surface area contributed by atoms with Crippen molar-refractivity contribution in [3.8, 4) is 16.9 Å². The van der Waals surface area contributed by atoms with Crippen molar-refractivity contribution in [2.45, 2.75) is 0 Å². The second-order valence-electron chi connectivity index (χ2n) is 6.98. The number of H-pyrrole nitrogens is 1. The lowest BCUT2D eigenvalue weighted by Gasteiger charge is -2.04. The minimum atomic E-state index is -0.427. The van der Waals surface area contributed by atoms with Gasteiger partial charge in [-0.1, -0.05) is 60.7 Å². The van der Waals surface area contributed by atoms with Gasteiger partial charge in [0.25, 0.3) is 11.2 Å². The molecule has 0 unspecified atom stereocenters. The van der Waals surface area contributed by atoms with Crippen LogP contribution in [-0.4, -0.2) is 34.0 Å². The van der Waals surface area contributed by atoms with Gasteiger partial charge in [0.15, 0.2) is 0 Å².